The van der Waals surface area contributed by atoms with Crippen molar-refractivity contribution in [2.45, 2.75) is 19.3 Å². The van der Waals surface area contributed by atoms with Gasteiger partial charge in [-0.1, -0.05) is 12.1 Å². The Balaban J connectivity index is 2.28. The average molecular weight is 232 g/mol. The molecule has 0 radical (unpaired) electrons. The van der Waals surface area contributed by atoms with Crippen LogP contribution in [0.4, 0.5) is 0 Å². The van der Waals surface area contributed by atoms with Gasteiger partial charge in [-0.25, -0.2) is 4.79 Å². The van der Waals surface area contributed by atoms with Crippen molar-refractivity contribution in [3.63, 3.8) is 0 Å². The zero-order valence-electron chi connectivity index (χ0n) is 9.22. The average Bonchev–Trinajstić information content (AvgIpc) is 2.38. The molecular weight excluding hydrogens is 220 g/mol. The lowest BCUT2D eigenvalue weighted by molar-refractivity contribution is -0.141. The quantitative estimate of drug-likeness (QED) is 0.339. The molecule has 1 atom stereocenters. The summed E-state index contributed by atoms with van der Waals surface area (Å²) in [6.07, 6.45) is 3.24. The highest BCUT2D eigenvalue weighted by Crippen LogP contribution is 2.31. The molecule has 1 aromatic rings. The van der Waals surface area contributed by atoms with Gasteiger partial charge in [-0.05, 0) is 36.5 Å². The largest absolute Gasteiger partial charge is 0.421 e. The minimum atomic E-state index is -0.893. The van der Waals surface area contributed by atoms with Gasteiger partial charge in [-0.2, -0.15) is 0 Å². The van der Waals surface area contributed by atoms with Crippen LogP contribution in [-0.4, -0.2) is 18.5 Å². The molecule has 0 aromatic heterocycles. The monoisotopic (exact) mass is 232 g/mol. The lowest BCUT2D eigenvalue weighted by atomic mass is 9.84. The highest BCUT2D eigenvalue weighted by atomic mass is 16.5. The molecule has 88 valence electrons. The van der Waals surface area contributed by atoms with Crippen LogP contribution in [0.1, 0.15) is 17.5 Å². The van der Waals surface area contributed by atoms with Crippen molar-refractivity contribution in [2.75, 3.05) is 0 Å². The highest BCUT2D eigenvalue weighted by molar-refractivity contribution is 6.21. The first-order valence-electron chi connectivity index (χ1n) is 5.47. The van der Waals surface area contributed by atoms with Crippen LogP contribution >= 0.6 is 0 Å². The van der Waals surface area contributed by atoms with Crippen molar-refractivity contribution < 1.29 is 19.1 Å². The Labute approximate surface area is 98.6 Å². The molecule has 1 aromatic carbocycles. The van der Waals surface area contributed by atoms with Gasteiger partial charge in [0, 0.05) is 5.92 Å². The second-order valence-electron chi connectivity index (χ2n) is 4.07. The fourth-order valence-electron chi connectivity index (χ4n) is 2.14. The molecule has 0 heterocycles. The summed E-state index contributed by atoms with van der Waals surface area (Å²) in [6, 6.07) is 5.35. The Morgan fingerprint density at radius 1 is 1.35 bits per heavy atom. The van der Waals surface area contributed by atoms with Gasteiger partial charge in [-0.15, -0.1) is 0 Å². The van der Waals surface area contributed by atoms with Gasteiger partial charge in [0.15, 0.2) is 0 Å². The molecule has 0 aliphatic heterocycles. The number of carbonyl (C=O) groups excluding carboxylic acids is 3. The number of fused-ring (bicyclic) bond motifs is 1. The molecule has 4 nitrogen and oxygen atoms in total. The molecule has 0 saturated heterocycles. The molecule has 0 fully saturated rings. The molecule has 0 N–H and O–H groups in total. The van der Waals surface area contributed by atoms with Crippen molar-refractivity contribution in [3.05, 3.63) is 29.3 Å². The van der Waals surface area contributed by atoms with Crippen LogP contribution in [0.5, 0.6) is 5.75 Å². The topological polar surface area (TPSA) is 60.4 Å². The van der Waals surface area contributed by atoms with Gasteiger partial charge in [-0.3, -0.25) is 4.79 Å². The van der Waals surface area contributed by atoms with Crippen LogP contribution in [-0.2, 0) is 27.2 Å². The molecular formula is C13H12O4. The molecule has 0 saturated carbocycles. The minimum Gasteiger partial charge on any atom is -0.421 e. The number of aldehydes is 2. The molecule has 4 heteroatoms. The first-order chi connectivity index (χ1) is 8.24. The predicted molar refractivity (Wildman–Crippen MR) is 59.7 cm³/mol. The van der Waals surface area contributed by atoms with E-state index in [9.17, 15) is 14.4 Å². The molecule has 0 amide bonds. The molecule has 1 aliphatic rings. The third-order valence-electron chi connectivity index (χ3n) is 2.98. The van der Waals surface area contributed by atoms with Crippen LogP contribution in [0, 0.1) is 5.92 Å². The van der Waals surface area contributed by atoms with Gasteiger partial charge in [0.1, 0.15) is 12.0 Å². The normalized spacial score (nSPS) is 18.0. The molecule has 2 rings (SSSR count). The van der Waals surface area contributed by atoms with Crippen LogP contribution in [0.25, 0.3) is 0 Å². The summed E-state index contributed by atoms with van der Waals surface area (Å²) in [5, 5.41) is 0. The number of rotatable bonds is 3. The summed E-state index contributed by atoms with van der Waals surface area (Å²) in [5.74, 6) is -0.417. The van der Waals surface area contributed by atoms with E-state index >= 15 is 0 Å². The second kappa shape index (κ2) is 4.91. The maximum atomic E-state index is 10.9. The fourth-order valence-corrected chi connectivity index (χ4v) is 2.14. The molecule has 1 aliphatic carbocycles. The summed E-state index contributed by atoms with van der Waals surface area (Å²) in [5.41, 5.74) is 1.95. The lowest BCUT2D eigenvalue weighted by Crippen LogP contribution is -2.17. The number of esters is 1. The Bertz CT molecular complexity index is 464. The SMILES string of the molecule is O=CC(=O)Oc1cccc2c1CCC(C=O)C2. The van der Waals surface area contributed by atoms with E-state index in [4.69, 9.17) is 4.74 Å². The first-order valence-corrected chi connectivity index (χ1v) is 5.47. The minimum absolute atomic E-state index is 0.0412. The van der Waals surface area contributed by atoms with Gasteiger partial charge in [0.2, 0.25) is 6.29 Å². The number of carbonyl (C=O) groups is 3. The summed E-state index contributed by atoms with van der Waals surface area (Å²) < 4.78 is 4.94. The van der Waals surface area contributed by atoms with Gasteiger partial charge >= 0.3 is 5.97 Å². The summed E-state index contributed by atoms with van der Waals surface area (Å²) in [7, 11) is 0. The lowest BCUT2D eigenvalue weighted by Gasteiger charge is -2.22. The van der Waals surface area contributed by atoms with Gasteiger partial charge < -0.3 is 9.53 Å². The van der Waals surface area contributed by atoms with Crippen molar-refractivity contribution >= 4 is 18.5 Å². The van der Waals surface area contributed by atoms with Crippen molar-refractivity contribution in [1.29, 1.82) is 0 Å². The van der Waals surface area contributed by atoms with E-state index < -0.39 is 5.97 Å². The van der Waals surface area contributed by atoms with E-state index in [0.717, 1.165) is 23.8 Å². The molecule has 17 heavy (non-hydrogen) atoms. The van der Waals surface area contributed by atoms with Crippen molar-refractivity contribution in [2.24, 2.45) is 5.92 Å². The van der Waals surface area contributed by atoms with Crippen LogP contribution in [0.2, 0.25) is 0 Å². The zero-order chi connectivity index (χ0) is 12.3. The van der Waals surface area contributed by atoms with E-state index in [1.165, 1.54) is 0 Å². The number of ether oxygens (including phenoxy) is 1. The maximum absolute atomic E-state index is 10.9. The Morgan fingerprint density at radius 3 is 2.88 bits per heavy atom. The number of benzene rings is 1. The Kier molecular flexibility index (Phi) is 3.32. The van der Waals surface area contributed by atoms with Crippen molar-refractivity contribution in [3.8, 4) is 5.75 Å². The van der Waals surface area contributed by atoms with Gasteiger partial charge in [0.25, 0.3) is 0 Å². The summed E-state index contributed by atoms with van der Waals surface area (Å²) >= 11 is 0. The maximum Gasteiger partial charge on any atom is 0.376 e. The molecule has 1 unspecified atom stereocenters. The third kappa shape index (κ3) is 2.41. The fraction of sp³-hybridized carbons (Fsp3) is 0.308. The van der Waals surface area contributed by atoms with Gasteiger partial charge in [0.05, 0.1) is 0 Å². The van der Waals surface area contributed by atoms with E-state index in [0.29, 0.717) is 18.6 Å². The third-order valence-corrected chi connectivity index (χ3v) is 2.98. The standard InChI is InChI=1S/C13H12O4/c14-7-9-4-5-11-10(6-9)2-1-3-12(11)17-13(16)8-15/h1-3,7-9H,4-6H2. The summed E-state index contributed by atoms with van der Waals surface area (Å²) in [6.45, 7) is 0. The van der Waals surface area contributed by atoms with E-state index in [1.54, 1.807) is 12.1 Å². The Hall–Kier alpha value is -1.97. The zero-order valence-corrected chi connectivity index (χ0v) is 9.22. The first kappa shape index (κ1) is 11.5. The number of hydrogen-bond donors (Lipinski definition) is 0. The van der Waals surface area contributed by atoms with Crippen LogP contribution < -0.4 is 4.74 Å². The Morgan fingerprint density at radius 2 is 2.18 bits per heavy atom. The van der Waals surface area contributed by atoms with Crippen LogP contribution in [0.3, 0.4) is 0 Å². The van der Waals surface area contributed by atoms with E-state index in [1.807, 2.05) is 6.07 Å². The summed E-state index contributed by atoms with van der Waals surface area (Å²) in [4.78, 5) is 31.9. The highest BCUT2D eigenvalue weighted by Gasteiger charge is 2.21. The predicted octanol–water partition coefficient (Wildman–Crippen LogP) is 1.09. The van der Waals surface area contributed by atoms with E-state index in [-0.39, 0.29) is 12.2 Å². The second-order valence-corrected chi connectivity index (χ2v) is 4.07. The molecule has 0 spiro atoms. The van der Waals surface area contributed by atoms with Crippen LogP contribution in [0.15, 0.2) is 18.2 Å². The van der Waals surface area contributed by atoms with E-state index in [2.05, 4.69) is 0 Å². The van der Waals surface area contributed by atoms with Crippen molar-refractivity contribution in [1.82, 2.24) is 0 Å². The molecule has 0 bridgehead atoms. The number of hydrogen-bond acceptors (Lipinski definition) is 4. The smallest absolute Gasteiger partial charge is 0.376 e.